The number of carbonyl (C=O) groups excluding carboxylic acids is 1. The molecule has 0 saturated heterocycles. The molecule has 2 atom stereocenters. The Morgan fingerprint density at radius 3 is 2.15 bits per heavy atom. The van der Waals surface area contributed by atoms with Gasteiger partial charge in [-0.3, -0.25) is 13.9 Å². The van der Waals surface area contributed by atoms with Gasteiger partial charge in [0.1, 0.15) is 33.0 Å². The van der Waals surface area contributed by atoms with Crippen LogP contribution in [0.5, 0.6) is 17.2 Å². The van der Waals surface area contributed by atoms with E-state index in [9.17, 15) is 30.7 Å². The van der Waals surface area contributed by atoms with Gasteiger partial charge < -0.3 is 9.47 Å². The van der Waals surface area contributed by atoms with Gasteiger partial charge in [0.25, 0.3) is 20.2 Å². The lowest BCUT2D eigenvalue weighted by molar-refractivity contribution is 0.102. The summed E-state index contributed by atoms with van der Waals surface area (Å²) < 4.78 is 79.8. The lowest BCUT2D eigenvalue weighted by Crippen LogP contribution is -2.29. The minimum atomic E-state index is -4.80. The summed E-state index contributed by atoms with van der Waals surface area (Å²) in [6, 6.07) is 10.0. The first-order valence-corrected chi connectivity index (χ1v) is 15.5. The van der Waals surface area contributed by atoms with Crippen LogP contribution in [0, 0.1) is 5.92 Å². The Morgan fingerprint density at radius 1 is 1.00 bits per heavy atom. The molecule has 1 aliphatic rings. The van der Waals surface area contributed by atoms with Crippen LogP contribution in [0.25, 0.3) is 0 Å². The SMILES string of the molecule is CCC(C)C1=CC=C(C(=O)c2ccc(Oc3ccc(OC(C)(C)CC)cc3)c(S(=O)(=O)O)c2)CC1S(=O)(=O)O. The quantitative estimate of drug-likeness (QED) is 0.241. The van der Waals surface area contributed by atoms with Crippen LogP contribution in [0.15, 0.2) is 70.7 Å². The molecule has 9 nitrogen and oxygen atoms in total. The van der Waals surface area contributed by atoms with Crippen molar-refractivity contribution in [2.75, 3.05) is 0 Å². The third-order valence-corrected chi connectivity index (χ3v) is 8.90. The van der Waals surface area contributed by atoms with Crippen molar-refractivity contribution in [2.45, 2.75) is 69.6 Å². The van der Waals surface area contributed by atoms with Crippen molar-refractivity contribution in [1.29, 1.82) is 0 Å². The fourth-order valence-corrected chi connectivity index (χ4v) is 5.75. The summed E-state index contributed by atoms with van der Waals surface area (Å²) in [4.78, 5) is 12.6. The normalized spacial score (nSPS) is 17.2. The fourth-order valence-electron chi connectivity index (χ4n) is 4.07. The zero-order chi connectivity index (χ0) is 29.2. The number of carbonyl (C=O) groups is 1. The summed E-state index contributed by atoms with van der Waals surface area (Å²) in [6.07, 6.45) is 4.15. The Bertz CT molecular complexity index is 1500. The number of benzene rings is 2. The second-order valence-electron chi connectivity index (χ2n) is 10.1. The summed E-state index contributed by atoms with van der Waals surface area (Å²) in [7, 11) is -9.30. The van der Waals surface area contributed by atoms with Crippen molar-refractivity contribution >= 4 is 26.0 Å². The average Bonchev–Trinajstić information content (AvgIpc) is 2.87. The van der Waals surface area contributed by atoms with E-state index < -0.39 is 36.2 Å². The standard InChI is InChI=1S/C28H34O9S2/c1-6-18(3)23-14-8-19(16-25(23)38(30,31)32)27(29)20-9-15-24(26(17-20)39(33,34)35)36-21-10-12-22(13-11-21)37-28(4,5)7-2/h8-15,17-18,25H,6-7,16H2,1-5H3,(H,30,31,32)(H,33,34,35). The molecule has 2 aromatic carbocycles. The van der Waals surface area contributed by atoms with Gasteiger partial charge in [-0.25, -0.2) is 0 Å². The third kappa shape index (κ3) is 7.57. The Labute approximate surface area is 230 Å². The Kier molecular flexibility index (Phi) is 9.11. The number of Topliss-reactive ketones (excluding diaryl/α,β-unsaturated/α-hetero) is 1. The molecule has 3 rings (SSSR count). The van der Waals surface area contributed by atoms with Gasteiger partial charge in [0.2, 0.25) is 0 Å². The predicted molar refractivity (Wildman–Crippen MR) is 148 cm³/mol. The molecule has 0 heterocycles. The molecule has 2 aromatic rings. The fraction of sp³-hybridized carbons (Fsp3) is 0.393. The van der Waals surface area contributed by atoms with Crippen molar-refractivity contribution in [2.24, 2.45) is 5.92 Å². The molecule has 212 valence electrons. The van der Waals surface area contributed by atoms with E-state index in [-0.39, 0.29) is 40.6 Å². The van der Waals surface area contributed by atoms with Crippen LogP contribution in [0.4, 0.5) is 0 Å². The maximum Gasteiger partial charge on any atom is 0.298 e. The second kappa shape index (κ2) is 11.6. The minimum absolute atomic E-state index is 0.0743. The molecule has 0 saturated carbocycles. The Morgan fingerprint density at radius 2 is 1.62 bits per heavy atom. The molecule has 39 heavy (non-hydrogen) atoms. The van der Waals surface area contributed by atoms with Gasteiger partial charge in [-0.15, -0.1) is 0 Å². The molecule has 0 amide bonds. The molecule has 0 spiro atoms. The molecule has 2 N–H and O–H groups in total. The first kappa shape index (κ1) is 30.6. The van der Waals surface area contributed by atoms with Crippen LogP contribution in [0.2, 0.25) is 0 Å². The predicted octanol–water partition coefficient (Wildman–Crippen LogP) is 6.03. The van der Waals surface area contributed by atoms with E-state index in [1.54, 1.807) is 24.3 Å². The second-order valence-corrected chi connectivity index (χ2v) is 13.1. The Balaban J connectivity index is 1.92. The first-order chi connectivity index (χ1) is 18.1. The van der Waals surface area contributed by atoms with E-state index >= 15 is 0 Å². The summed E-state index contributed by atoms with van der Waals surface area (Å²) >= 11 is 0. The largest absolute Gasteiger partial charge is 0.488 e. The minimum Gasteiger partial charge on any atom is -0.488 e. The van der Waals surface area contributed by atoms with Crippen LogP contribution in [-0.4, -0.2) is 42.6 Å². The molecular formula is C28H34O9S2. The number of ketones is 1. The van der Waals surface area contributed by atoms with E-state index in [0.29, 0.717) is 17.7 Å². The first-order valence-electron chi connectivity index (χ1n) is 12.6. The molecule has 2 unspecified atom stereocenters. The average molecular weight is 579 g/mol. The van der Waals surface area contributed by atoms with Crippen LogP contribution < -0.4 is 9.47 Å². The smallest absolute Gasteiger partial charge is 0.298 e. The van der Waals surface area contributed by atoms with Crippen LogP contribution >= 0.6 is 0 Å². The lowest BCUT2D eigenvalue weighted by Gasteiger charge is -2.26. The van der Waals surface area contributed by atoms with Crippen molar-refractivity contribution in [3.05, 3.63) is 71.3 Å². The lowest BCUT2D eigenvalue weighted by atomic mass is 9.86. The topological polar surface area (TPSA) is 144 Å². The van der Waals surface area contributed by atoms with E-state index in [0.717, 1.165) is 12.5 Å². The zero-order valence-electron chi connectivity index (χ0n) is 22.5. The van der Waals surface area contributed by atoms with Crippen LogP contribution in [0.3, 0.4) is 0 Å². The summed E-state index contributed by atoms with van der Waals surface area (Å²) in [5, 5.41) is -1.28. The number of hydrogen-bond acceptors (Lipinski definition) is 7. The maximum absolute atomic E-state index is 13.2. The van der Waals surface area contributed by atoms with Gasteiger partial charge in [0, 0.05) is 11.1 Å². The monoisotopic (exact) mass is 578 g/mol. The van der Waals surface area contributed by atoms with Gasteiger partial charge in [-0.05, 0) is 87.1 Å². The van der Waals surface area contributed by atoms with E-state index in [4.69, 9.17) is 9.47 Å². The number of allylic oxidation sites excluding steroid dienone is 3. The molecule has 0 bridgehead atoms. The summed E-state index contributed by atoms with van der Waals surface area (Å²) in [5.74, 6) is -0.108. The van der Waals surface area contributed by atoms with Gasteiger partial charge >= 0.3 is 0 Å². The molecule has 0 aliphatic heterocycles. The van der Waals surface area contributed by atoms with E-state index in [1.807, 2.05) is 34.6 Å². The molecule has 11 heteroatoms. The number of ether oxygens (including phenoxy) is 2. The van der Waals surface area contributed by atoms with Crippen LogP contribution in [-0.2, 0) is 20.2 Å². The molecule has 1 aliphatic carbocycles. The molecule has 0 radical (unpaired) electrons. The molecule has 0 aromatic heterocycles. The van der Waals surface area contributed by atoms with Gasteiger partial charge in [-0.1, -0.05) is 32.9 Å². The highest BCUT2D eigenvalue weighted by molar-refractivity contribution is 7.86. The highest BCUT2D eigenvalue weighted by Crippen LogP contribution is 2.35. The van der Waals surface area contributed by atoms with Crippen LogP contribution in [0.1, 0.15) is 64.2 Å². The van der Waals surface area contributed by atoms with Crippen molar-refractivity contribution in [3.63, 3.8) is 0 Å². The third-order valence-electron chi connectivity index (χ3n) is 6.87. The van der Waals surface area contributed by atoms with Gasteiger partial charge in [0.05, 0.1) is 0 Å². The molecule has 0 fully saturated rings. The van der Waals surface area contributed by atoms with Crippen molar-refractivity contribution in [1.82, 2.24) is 0 Å². The highest BCUT2D eigenvalue weighted by Gasteiger charge is 2.34. The number of hydrogen-bond donors (Lipinski definition) is 2. The Hall–Kier alpha value is -2.99. The van der Waals surface area contributed by atoms with Crippen molar-refractivity contribution < 1.29 is 40.2 Å². The molecular weight excluding hydrogens is 544 g/mol. The number of rotatable bonds is 11. The maximum atomic E-state index is 13.2. The highest BCUT2D eigenvalue weighted by atomic mass is 32.2. The van der Waals surface area contributed by atoms with Crippen molar-refractivity contribution in [3.8, 4) is 17.2 Å². The summed E-state index contributed by atoms with van der Waals surface area (Å²) in [5.41, 5.74) is 0.101. The van der Waals surface area contributed by atoms with E-state index in [1.165, 1.54) is 24.3 Å². The zero-order valence-corrected chi connectivity index (χ0v) is 24.2. The van der Waals surface area contributed by atoms with E-state index in [2.05, 4.69) is 0 Å². The van der Waals surface area contributed by atoms with Gasteiger partial charge in [-0.2, -0.15) is 16.8 Å². The summed E-state index contributed by atoms with van der Waals surface area (Å²) in [6.45, 7) is 9.61. The van der Waals surface area contributed by atoms with Gasteiger partial charge in [0.15, 0.2) is 5.78 Å².